The summed E-state index contributed by atoms with van der Waals surface area (Å²) in [7, 11) is 6.77. The number of hydrogen-bond donors (Lipinski definition) is 10. The van der Waals surface area contributed by atoms with Crippen LogP contribution in [0.25, 0.3) is 0 Å². The van der Waals surface area contributed by atoms with Crippen LogP contribution in [0.3, 0.4) is 0 Å². The van der Waals surface area contributed by atoms with Crippen molar-refractivity contribution < 1.29 is 46.5 Å². The molecule has 0 fully saturated rings. The summed E-state index contributed by atoms with van der Waals surface area (Å²) < 4.78 is 0. The Hall–Kier alpha value is -5.05. The predicted octanol–water partition coefficient (Wildman–Crippen LogP) is -1.15. The van der Waals surface area contributed by atoms with E-state index >= 15 is 0 Å². The number of nitrogens with two attached hydrogens (primary N) is 2. The van der Waals surface area contributed by atoms with E-state index in [1.54, 1.807) is 28.2 Å². The van der Waals surface area contributed by atoms with Crippen molar-refractivity contribution in [2.75, 3.05) is 28.2 Å². The molecular formula is C22H32N10NiO6. The Morgan fingerprint density at radius 1 is 0.692 bits per heavy atom. The third-order valence-electron chi connectivity index (χ3n) is 3.64. The molecule has 39 heavy (non-hydrogen) atoms. The Kier molecular flexibility index (Phi) is 19.8. The molecule has 0 unspecified atom stereocenters. The van der Waals surface area contributed by atoms with Crippen LogP contribution in [-0.2, 0) is 16.5 Å². The van der Waals surface area contributed by atoms with E-state index in [9.17, 15) is 19.8 Å². The zero-order valence-electron chi connectivity index (χ0n) is 21.5. The number of carboxylic acid groups (broad SMARTS) is 2. The van der Waals surface area contributed by atoms with Crippen LogP contribution in [0.5, 0.6) is 11.5 Å². The minimum atomic E-state index is -1.18. The minimum absolute atomic E-state index is 0. The van der Waals surface area contributed by atoms with Gasteiger partial charge in [0.2, 0.25) is 0 Å². The average Bonchev–Trinajstić information content (AvgIpc) is 2.79. The molecule has 0 aliphatic carbocycles. The molecule has 0 saturated heterocycles. The molecule has 0 bridgehead atoms. The van der Waals surface area contributed by atoms with Crippen molar-refractivity contribution in [3.05, 3.63) is 59.7 Å². The van der Waals surface area contributed by atoms with Gasteiger partial charge in [0.05, 0.1) is 11.1 Å². The monoisotopic (exact) mass is 590 g/mol. The molecule has 0 aliphatic heterocycles. The second kappa shape index (κ2) is 20.1. The van der Waals surface area contributed by atoms with E-state index in [1.165, 1.54) is 58.3 Å². The summed E-state index contributed by atoms with van der Waals surface area (Å²) in [6, 6.07) is 11.1. The fourth-order valence-corrected chi connectivity index (χ4v) is 1.77. The number of hydrogen-bond acceptors (Lipinski definition) is 8. The molecule has 12 N–H and O–H groups in total. The van der Waals surface area contributed by atoms with Gasteiger partial charge in [0.1, 0.15) is 0 Å². The molecule has 2 rings (SSSR count). The maximum absolute atomic E-state index is 10.7. The molecule has 17 heteroatoms. The molecule has 0 spiro atoms. The van der Waals surface area contributed by atoms with Crippen LogP contribution in [0.15, 0.2) is 48.5 Å². The SMILES string of the molecule is CN(C)C(=N)NC(=N)N.CN(C)C(=N)NC(=N)N.O=C(O)c1ccccc1[O-].O=C(O)c1ccccc1[O-].[Ni+2]. The molecule has 0 aliphatic rings. The van der Waals surface area contributed by atoms with Gasteiger partial charge in [-0.05, 0) is 12.1 Å². The maximum Gasteiger partial charge on any atom is 2.00 e. The zero-order valence-corrected chi connectivity index (χ0v) is 22.5. The second-order valence-corrected chi connectivity index (χ2v) is 7.17. The quantitative estimate of drug-likeness (QED) is 0.112. The van der Waals surface area contributed by atoms with Crippen LogP contribution < -0.4 is 32.3 Å². The summed E-state index contributed by atoms with van der Waals surface area (Å²) in [5.41, 5.74) is 9.52. The Morgan fingerprint density at radius 2 is 0.949 bits per heavy atom. The van der Waals surface area contributed by atoms with Gasteiger partial charge in [0.25, 0.3) is 0 Å². The molecule has 216 valence electrons. The van der Waals surface area contributed by atoms with E-state index in [4.69, 9.17) is 43.3 Å². The predicted molar refractivity (Wildman–Crippen MR) is 139 cm³/mol. The van der Waals surface area contributed by atoms with Crippen LogP contribution in [0, 0.1) is 21.6 Å². The van der Waals surface area contributed by atoms with Gasteiger partial charge >= 0.3 is 28.4 Å². The number of guanidine groups is 4. The van der Waals surface area contributed by atoms with Gasteiger partial charge in [0, 0.05) is 28.2 Å². The van der Waals surface area contributed by atoms with Crippen molar-refractivity contribution in [3.63, 3.8) is 0 Å². The number of nitrogens with zero attached hydrogens (tertiary/aromatic N) is 2. The smallest absolute Gasteiger partial charge is 0.872 e. The van der Waals surface area contributed by atoms with E-state index < -0.39 is 23.4 Å². The van der Waals surface area contributed by atoms with Crippen LogP contribution in [0.4, 0.5) is 0 Å². The largest absolute Gasteiger partial charge is 2.00 e. The average molecular weight is 591 g/mol. The van der Waals surface area contributed by atoms with Gasteiger partial charge < -0.3 is 41.7 Å². The fourth-order valence-electron chi connectivity index (χ4n) is 1.77. The van der Waals surface area contributed by atoms with E-state index in [0.717, 1.165) is 0 Å². The molecule has 2 aromatic rings. The van der Waals surface area contributed by atoms with Gasteiger partial charge in [-0.15, -0.1) is 0 Å². The van der Waals surface area contributed by atoms with Gasteiger partial charge in [-0.2, -0.15) is 0 Å². The third-order valence-corrected chi connectivity index (χ3v) is 3.64. The van der Waals surface area contributed by atoms with Crippen molar-refractivity contribution in [3.8, 4) is 11.5 Å². The van der Waals surface area contributed by atoms with E-state index in [0.29, 0.717) is 0 Å². The molecule has 2 aromatic carbocycles. The number of benzene rings is 2. The Labute approximate surface area is 235 Å². The molecule has 0 heterocycles. The topological polar surface area (TPSA) is 299 Å². The Balaban J connectivity index is -0.000000440. The summed E-state index contributed by atoms with van der Waals surface area (Å²) in [5, 5.41) is 70.3. The van der Waals surface area contributed by atoms with Crippen LogP contribution >= 0.6 is 0 Å². The fraction of sp³-hybridized carbons (Fsp3) is 0.182. The molecule has 0 saturated carbocycles. The Morgan fingerprint density at radius 3 is 1.08 bits per heavy atom. The number of carbonyl (C=O) groups is 2. The van der Waals surface area contributed by atoms with Gasteiger partial charge in [-0.25, -0.2) is 9.59 Å². The summed E-state index contributed by atoms with van der Waals surface area (Å²) >= 11 is 0. The number of carboxylic acids is 2. The first-order valence-corrected chi connectivity index (χ1v) is 10.2. The van der Waals surface area contributed by atoms with Crippen molar-refractivity contribution >= 4 is 35.8 Å². The van der Waals surface area contributed by atoms with Crippen molar-refractivity contribution in [1.29, 1.82) is 21.6 Å². The van der Waals surface area contributed by atoms with Gasteiger partial charge in [-0.3, -0.25) is 32.3 Å². The molecular weight excluding hydrogens is 559 g/mol. The Bertz CT molecular complexity index is 1040. The van der Waals surface area contributed by atoms with Crippen molar-refractivity contribution in [2.45, 2.75) is 0 Å². The maximum atomic E-state index is 10.7. The molecule has 0 amide bonds. The second-order valence-electron chi connectivity index (χ2n) is 7.17. The normalized spacial score (nSPS) is 8.51. The van der Waals surface area contributed by atoms with Crippen molar-refractivity contribution in [2.24, 2.45) is 11.5 Å². The first-order valence-electron chi connectivity index (χ1n) is 10.2. The van der Waals surface area contributed by atoms with E-state index in [-0.39, 0.29) is 51.5 Å². The summed E-state index contributed by atoms with van der Waals surface area (Å²) in [6.45, 7) is 0. The van der Waals surface area contributed by atoms with Crippen LogP contribution in [-0.4, -0.2) is 84.0 Å². The van der Waals surface area contributed by atoms with E-state index in [2.05, 4.69) is 10.6 Å². The van der Waals surface area contributed by atoms with E-state index in [1.807, 2.05) is 0 Å². The summed E-state index contributed by atoms with van der Waals surface area (Å²) in [5.74, 6) is -3.45. The molecule has 16 nitrogen and oxygen atoms in total. The first kappa shape index (κ1) is 38.5. The molecule has 0 atom stereocenters. The first-order chi connectivity index (χ1) is 17.5. The molecule has 0 aromatic heterocycles. The number of aromatic carboxylic acids is 2. The van der Waals surface area contributed by atoms with Gasteiger partial charge in [-0.1, -0.05) is 47.9 Å². The summed E-state index contributed by atoms with van der Waals surface area (Å²) in [4.78, 5) is 23.5. The minimum Gasteiger partial charge on any atom is -0.872 e. The van der Waals surface area contributed by atoms with Gasteiger partial charge in [0.15, 0.2) is 23.8 Å². The molecule has 0 radical (unpaired) electrons. The summed E-state index contributed by atoms with van der Waals surface area (Å²) in [6.07, 6.45) is 0. The zero-order chi connectivity index (χ0) is 30.0. The number of rotatable bonds is 2. The third kappa shape index (κ3) is 18.8. The van der Waals surface area contributed by atoms with Crippen molar-refractivity contribution in [1.82, 2.24) is 20.4 Å². The number of para-hydroxylation sites is 2. The standard InChI is InChI=1S/2C7H6O3.2C4H11N5.Ni/c2*8-6-4-2-1-3-5(6)7(9)10;2*1-9(2)4(7)8-3(5)6;/h2*1-4,8H,(H,9,10);2*1-2H3,(H5,5,6,7,8);/q;;;;+2/p-2. The number of nitrogens with one attached hydrogen (secondary N) is 6. The van der Waals surface area contributed by atoms with Crippen LogP contribution in [0.1, 0.15) is 20.7 Å². The van der Waals surface area contributed by atoms with Crippen LogP contribution in [0.2, 0.25) is 0 Å².